The number of halogens is 3. The first-order chi connectivity index (χ1) is 8.30. The lowest BCUT2D eigenvalue weighted by Crippen LogP contribution is -2.15. The van der Waals surface area contributed by atoms with E-state index in [1.165, 1.54) is 12.1 Å². The van der Waals surface area contributed by atoms with E-state index in [0.717, 1.165) is 6.07 Å². The summed E-state index contributed by atoms with van der Waals surface area (Å²) in [4.78, 5) is 24.1. The fourth-order valence-electron chi connectivity index (χ4n) is 1.34. The molecule has 94 valence electrons. The summed E-state index contributed by atoms with van der Waals surface area (Å²) in [5, 5.41) is 9.11. The molecule has 0 N–H and O–H groups in total. The van der Waals surface area contributed by atoms with Crippen LogP contribution in [0, 0.1) is 10.1 Å². The zero-order chi connectivity index (χ0) is 13.5. The van der Waals surface area contributed by atoms with Crippen molar-refractivity contribution in [3.05, 3.63) is 43.7 Å². The maximum Gasteiger partial charge on any atom is 0.443 e. The van der Waals surface area contributed by atoms with Gasteiger partial charge in [-0.1, -0.05) is 6.07 Å². The van der Waals surface area contributed by atoms with E-state index in [2.05, 4.69) is 4.98 Å². The number of rotatable bonds is 1. The number of nitro benzene ring substituents is 1. The van der Waals surface area contributed by atoms with Crippen LogP contribution in [0.3, 0.4) is 0 Å². The Bertz CT molecular complexity index is 695. The van der Waals surface area contributed by atoms with Crippen LogP contribution in [0.25, 0.3) is 10.1 Å². The second-order valence-corrected chi connectivity index (χ2v) is 4.23. The minimum atomic E-state index is -4.80. The van der Waals surface area contributed by atoms with E-state index in [4.69, 9.17) is 0 Å². The number of nitrogens with zero attached hydrogens (tertiary/aromatic N) is 2. The first kappa shape index (κ1) is 12.4. The largest absolute Gasteiger partial charge is 0.443 e. The fraction of sp³-hybridized carbons (Fsp3) is 0.111. The Hall–Kier alpha value is -2.03. The summed E-state index contributed by atoms with van der Waals surface area (Å²) in [6, 6.07) is 3.47. The second kappa shape index (κ2) is 4.02. The number of nitro groups is 1. The number of benzene rings is 1. The van der Waals surface area contributed by atoms with Gasteiger partial charge in [-0.15, -0.1) is 11.3 Å². The van der Waals surface area contributed by atoms with Crippen molar-refractivity contribution >= 4 is 27.1 Å². The third kappa shape index (κ3) is 2.04. The highest BCUT2D eigenvalue weighted by atomic mass is 32.1. The van der Waals surface area contributed by atoms with E-state index >= 15 is 0 Å². The van der Waals surface area contributed by atoms with Gasteiger partial charge >= 0.3 is 6.18 Å². The molecule has 9 heteroatoms. The SMILES string of the molecule is O=c1nc(C(F)(F)F)sc2c([N+](=O)[O-])cccc12. The molecule has 1 heterocycles. The first-order valence-electron chi connectivity index (χ1n) is 4.46. The summed E-state index contributed by atoms with van der Waals surface area (Å²) in [5.74, 6) is 0. The van der Waals surface area contributed by atoms with Crippen LogP contribution in [0.4, 0.5) is 18.9 Å². The maximum atomic E-state index is 12.5. The summed E-state index contributed by atoms with van der Waals surface area (Å²) in [7, 11) is 0. The van der Waals surface area contributed by atoms with Crippen LogP contribution in [-0.2, 0) is 6.18 Å². The molecular formula is C9H3F3N2O3S. The molecule has 0 unspecified atom stereocenters. The molecule has 0 aliphatic carbocycles. The van der Waals surface area contributed by atoms with Gasteiger partial charge in [0.05, 0.1) is 10.3 Å². The van der Waals surface area contributed by atoms with Gasteiger partial charge in [-0.25, -0.2) is 0 Å². The first-order valence-corrected chi connectivity index (χ1v) is 5.28. The van der Waals surface area contributed by atoms with Gasteiger partial charge < -0.3 is 0 Å². The van der Waals surface area contributed by atoms with Crippen LogP contribution >= 0.6 is 11.3 Å². The van der Waals surface area contributed by atoms with Crippen LogP contribution in [0.5, 0.6) is 0 Å². The molecule has 2 rings (SSSR count). The number of hydrogen-bond donors (Lipinski definition) is 0. The molecule has 1 aromatic heterocycles. The molecule has 1 aromatic carbocycles. The van der Waals surface area contributed by atoms with E-state index in [-0.39, 0.29) is 21.4 Å². The zero-order valence-electron chi connectivity index (χ0n) is 8.39. The Morgan fingerprint density at radius 2 is 2.00 bits per heavy atom. The number of hydrogen-bond acceptors (Lipinski definition) is 5. The Labute approximate surface area is 101 Å². The fourth-order valence-corrected chi connectivity index (χ4v) is 2.29. The predicted molar refractivity (Wildman–Crippen MR) is 57.5 cm³/mol. The van der Waals surface area contributed by atoms with Crippen LogP contribution in [0.1, 0.15) is 5.01 Å². The molecule has 0 aliphatic heterocycles. The van der Waals surface area contributed by atoms with Crippen molar-refractivity contribution in [3.8, 4) is 0 Å². The topological polar surface area (TPSA) is 73.1 Å². The van der Waals surface area contributed by atoms with Crippen molar-refractivity contribution < 1.29 is 18.1 Å². The number of non-ortho nitro benzene ring substituents is 1. The number of aromatic nitrogens is 1. The molecule has 0 atom stereocenters. The normalized spacial score (nSPS) is 11.7. The van der Waals surface area contributed by atoms with Crippen molar-refractivity contribution in [3.63, 3.8) is 0 Å². The van der Waals surface area contributed by atoms with Crippen LogP contribution in [0.2, 0.25) is 0 Å². The van der Waals surface area contributed by atoms with Gasteiger partial charge in [-0.3, -0.25) is 14.9 Å². The number of fused-ring (bicyclic) bond motifs is 1. The molecule has 18 heavy (non-hydrogen) atoms. The van der Waals surface area contributed by atoms with Crippen molar-refractivity contribution in [1.29, 1.82) is 0 Å². The lowest BCUT2D eigenvalue weighted by atomic mass is 10.2. The van der Waals surface area contributed by atoms with Crippen LogP contribution in [0.15, 0.2) is 23.0 Å². The lowest BCUT2D eigenvalue weighted by molar-refractivity contribution is -0.382. The standard InChI is InChI=1S/C9H3F3N2O3S/c10-9(11,12)8-13-7(15)4-2-1-3-5(14(16)17)6(4)18-8/h1-3H. The Morgan fingerprint density at radius 3 is 2.56 bits per heavy atom. The Morgan fingerprint density at radius 1 is 1.33 bits per heavy atom. The summed E-state index contributed by atoms with van der Waals surface area (Å²) in [5.41, 5.74) is -1.66. The zero-order valence-corrected chi connectivity index (χ0v) is 9.21. The average Bonchev–Trinajstić information content (AvgIpc) is 2.26. The molecule has 0 bridgehead atoms. The third-order valence-corrected chi connectivity index (χ3v) is 3.21. The van der Waals surface area contributed by atoms with Crippen molar-refractivity contribution in [2.45, 2.75) is 6.18 Å². The second-order valence-electron chi connectivity index (χ2n) is 3.23. The van der Waals surface area contributed by atoms with Crippen molar-refractivity contribution in [2.75, 3.05) is 0 Å². The Kier molecular flexibility index (Phi) is 2.77. The van der Waals surface area contributed by atoms with Gasteiger partial charge in [0.1, 0.15) is 4.70 Å². The van der Waals surface area contributed by atoms with Gasteiger partial charge in [0.15, 0.2) is 0 Å². The molecule has 0 amide bonds. The van der Waals surface area contributed by atoms with Crippen molar-refractivity contribution in [1.82, 2.24) is 4.98 Å². The smallest absolute Gasteiger partial charge is 0.267 e. The molecule has 0 saturated carbocycles. The minimum absolute atomic E-state index is 0.0851. The lowest BCUT2D eigenvalue weighted by Gasteiger charge is -2.04. The van der Waals surface area contributed by atoms with Crippen molar-refractivity contribution in [2.24, 2.45) is 0 Å². The van der Waals surface area contributed by atoms with E-state index in [1.807, 2.05) is 0 Å². The van der Waals surface area contributed by atoms with Gasteiger partial charge in [-0.05, 0) is 6.07 Å². The predicted octanol–water partition coefficient (Wildman–Crippen LogP) is 2.58. The maximum absolute atomic E-state index is 12.5. The van der Waals surface area contributed by atoms with Crippen LogP contribution < -0.4 is 5.56 Å². The highest BCUT2D eigenvalue weighted by Crippen LogP contribution is 2.35. The van der Waals surface area contributed by atoms with E-state index in [9.17, 15) is 28.1 Å². The van der Waals surface area contributed by atoms with Gasteiger partial charge in [0.2, 0.25) is 5.01 Å². The van der Waals surface area contributed by atoms with E-state index in [0.29, 0.717) is 0 Å². The molecule has 2 aromatic rings. The van der Waals surface area contributed by atoms with E-state index < -0.39 is 27.4 Å². The molecule has 0 fully saturated rings. The van der Waals surface area contributed by atoms with Gasteiger partial charge in [0, 0.05) is 6.07 Å². The summed E-state index contributed by atoms with van der Waals surface area (Å²) < 4.78 is 37.1. The molecular weight excluding hydrogens is 273 g/mol. The third-order valence-electron chi connectivity index (χ3n) is 2.07. The summed E-state index contributed by atoms with van der Waals surface area (Å²) in [6.45, 7) is 0. The molecule has 5 nitrogen and oxygen atoms in total. The van der Waals surface area contributed by atoms with E-state index in [1.54, 1.807) is 0 Å². The highest BCUT2D eigenvalue weighted by molar-refractivity contribution is 7.18. The summed E-state index contributed by atoms with van der Waals surface area (Å²) in [6.07, 6.45) is -4.80. The quantitative estimate of drug-likeness (QED) is 0.592. The average molecular weight is 276 g/mol. The monoisotopic (exact) mass is 276 g/mol. The summed E-state index contributed by atoms with van der Waals surface area (Å²) >= 11 is 0.0851. The van der Waals surface area contributed by atoms with Gasteiger partial charge in [-0.2, -0.15) is 18.2 Å². The molecule has 0 aliphatic rings. The van der Waals surface area contributed by atoms with Crippen LogP contribution in [-0.4, -0.2) is 9.91 Å². The number of alkyl halides is 3. The minimum Gasteiger partial charge on any atom is -0.267 e. The molecule has 0 spiro atoms. The Balaban J connectivity index is 2.89. The molecule has 0 radical (unpaired) electrons. The van der Waals surface area contributed by atoms with Gasteiger partial charge in [0.25, 0.3) is 11.2 Å². The highest BCUT2D eigenvalue weighted by Gasteiger charge is 2.35. The molecule has 0 saturated heterocycles.